The fourth-order valence-corrected chi connectivity index (χ4v) is 4.70. The summed E-state index contributed by atoms with van der Waals surface area (Å²) in [7, 11) is 0. The van der Waals surface area contributed by atoms with Crippen molar-refractivity contribution in [3.63, 3.8) is 0 Å². The molecule has 2 aromatic carbocycles. The minimum Gasteiger partial charge on any atom is -0.300 e. The third kappa shape index (κ3) is 3.39. The molecule has 1 aliphatic heterocycles. The predicted molar refractivity (Wildman–Crippen MR) is 109 cm³/mol. The Hall–Kier alpha value is -2.18. The lowest BCUT2D eigenvalue weighted by atomic mass is 9.79. The van der Waals surface area contributed by atoms with Gasteiger partial charge in [-0.1, -0.05) is 37.6 Å². The van der Waals surface area contributed by atoms with Crippen molar-refractivity contribution in [2.45, 2.75) is 52.0 Å². The molecule has 4 rings (SSSR count). The number of likely N-dealkylation sites (tertiary alicyclic amines) is 1. The Kier molecular flexibility index (Phi) is 5.02. The summed E-state index contributed by atoms with van der Waals surface area (Å²) >= 11 is 0. The maximum absolute atomic E-state index is 13.3. The van der Waals surface area contributed by atoms with E-state index in [9.17, 15) is 4.79 Å². The molecule has 0 spiro atoms. The first kappa shape index (κ1) is 18.2. The van der Waals surface area contributed by atoms with Gasteiger partial charge >= 0.3 is 0 Å². The van der Waals surface area contributed by atoms with Crippen molar-refractivity contribution in [1.29, 1.82) is 5.26 Å². The Morgan fingerprint density at radius 2 is 2.04 bits per heavy atom. The van der Waals surface area contributed by atoms with Gasteiger partial charge in [0.2, 0.25) is 0 Å². The average molecular weight is 361 g/mol. The van der Waals surface area contributed by atoms with Crippen molar-refractivity contribution in [3.05, 3.63) is 47.0 Å². The van der Waals surface area contributed by atoms with E-state index in [1.807, 2.05) is 25.1 Å². The van der Waals surface area contributed by atoms with Crippen molar-refractivity contribution in [3.8, 4) is 6.07 Å². The summed E-state index contributed by atoms with van der Waals surface area (Å²) in [5, 5.41) is 11.3. The Labute approximate surface area is 162 Å². The summed E-state index contributed by atoms with van der Waals surface area (Å²) in [5.41, 5.74) is 3.04. The van der Waals surface area contributed by atoms with Gasteiger partial charge < -0.3 is 0 Å². The standard InChI is InChI=1S/C24H28N2O/c1-16-6-7-18-14-19(8-9-22(18)21(16)10-12-25)24(27)23-15-26(13-11-17(23)2)20-4-3-5-20/h6-9,14,17,20,23H,3-5,10-11,13,15H2,1-2H3. The van der Waals surface area contributed by atoms with Crippen LogP contribution in [0.1, 0.15) is 54.1 Å². The number of benzene rings is 2. The molecule has 2 fully saturated rings. The highest BCUT2D eigenvalue weighted by atomic mass is 16.1. The number of hydrogen-bond acceptors (Lipinski definition) is 3. The number of aryl methyl sites for hydroxylation is 1. The van der Waals surface area contributed by atoms with Crippen molar-refractivity contribution in [1.82, 2.24) is 4.90 Å². The van der Waals surface area contributed by atoms with Crippen LogP contribution in [0.15, 0.2) is 30.3 Å². The third-order valence-corrected chi connectivity index (χ3v) is 6.82. The molecule has 3 heteroatoms. The topological polar surface area (TPSA) is 44.1 Å². The van der Waals surface area contributed by atoms with Crippen LogP contribution in [0, 0.1) is 30.1 Å². The quantitative estimate of drug-likeness (QED) is 0.728. The largest absolute Gasteiger partial charge is 0.300 e. The molecule has 1 aliphatic carbocycles. The van der Waals surface area contributed by atoms with Gasteiger partial charge in [0.25, 0.3) is 0 Å². The van der Waals surface area contributed by atoms with Gasteiger partial charge in [0.05, 0.1) is 12.5 Å². The number of nitriles is 1. The molecule has 0 amide bonds. The number of hydrogen-bond donors (Lipinski definition) is 0. The lowest BCUT2D eigenvalue weighted by Crippen LogP contribution is -2.49. The molecule has 2 aliphatic rings. The zero-order chi connectivity index (χ0) is 19.0. The predicted octanol–water partition coefficient (Wildman–Crippen LogP) is 4.91. The Morgan fingerprint density at radius 1 is 1.22 bits per heavy atom. The van der Waals surface area contributed by atoms with Gasteiger partial charge in [-0.3, -0.25) is 9.69 Å². The lowest BCUT2D eigenvalue weighted by Gasteiger charge is -2.44. The van der Waals surface area contributed by atoms with E-state index < -0.39 is 0 Å². The van der Waals surface area contributed by atoms with Gasteiger partial charge in [-0.25, -0.2) is 0 Å². The van der Waals surface area contributed by atoms with Gasteiger partial charge in [-0.05, 0) is 66.6 Å². The molecule has 2 unspecified atom stereocenters. The van der Waals surface area contributed by atoms with Crippen molar-refractivity contribution >= 4 is 16.6 Å². The monoisotopic (exact) mass is 360 g/mol. The molecule has 1 saturated carbocycles. The van der Waals surface area contributed by atoms with E-state index in [4.69, 9.17) is 5.26 Å². The number of ketones is 1. The zero-order valence-electron chi connectivity index (χ0n) is 16.4. The van der Waals surface area contributed by atoms with Gasteiger partial charge in [0, 0.05) is 24.1 Å². The van der Waals surface area contributed by atoms with Crippen LogP contribution >= 0.6 is 0 Å². The molecular formula is C24H28N2O. The van der Waals surface area contributed by atoms with Crippen molar-refractivity contribution in [2.24, 2.45) is 11.8 Å². The molecule has 0 radical (unpaired) electrons. The molecule has 2 aromatic rings. The van der Waals surface area contributed by atoms with Crippen LogP contribution in [0.2, 0.25) is 0 Å². The summed E-state index contributed by atoms with van der Waals surface area (Å²) in [4.78, 5) is 15.9. The van der Waals surface area contributed by atoms with Gasteiger partial charge in [-0.2, -0.15) is 5.26 Å². The van der Waals surface area contributed by atoms with Gasteiger partial charge in [0.1, 0.15) is 0 Å². The molecule has 27 heavy (non-hydrogen) atoms. The number of carbonyl (C=O) groups excluding carboxylic acids is 1. The van der Waals surface area contributed by atoms with Crippen molar-refractivity contribution in [2.75, 3.05) is 13.1 Å². The second-order valence-electron chi connectivity index (χ2n) is 8.45. The molecule has 140 valence electrons. The SMILES string of the molecule is Cc1ccc2cc(C(=O)C3CN(C4CCC4)CCC3C)ccc2c1CC#N. The van der Waals surface area contributed by atoms with Crippen LogP contribution in [0.5, 0.6) is 0 Å². The summed E-state index contributed by atoms with van der Waals surface area (Å²) in [6.45, 7) is 6.33. The number of nitrogens with zero attached hydrogens (tertiary/aromatic N) is 2. The highest BCUT2D eigenvalue weighted by Crippen LogP contribution is 2.33. The summed E-state index contributed by atoms with van der Waals surface area (Å²) in [6, 6.07) is 13.2. The fourth-order valence-electron chi connectivity index (χ4n) is 4.70. The summed E-state index contributed by atoms with van der Waals surface area (Å²) < 4.78 is 0. The normalized spacial score (nSPS) is 23.7. The first-order valence-corrected chi connectivity index (χ1v) is 10.3. The smallest absolute Gasteiger partial charge is 0.167 e. The van der Waals surface area contributed by atoms with E-state index in [1.54, 1.807) is 0 Å². The average Bonchev–Trinajstić information content (AvgIpc) is 2.63. The van der Waals surface area contributed by atoms with E-state index in [2.05, 4.69) is 30.0 Å². The maximum Gasteiger partial charge on any atom is 0.167 e. The van der Waals surface area contributed by atoms with Crippen LogP contribution in [0.4, 0.5) is 0 Å². The van der Waals surface area contributed by atoms with E-state index in [1.165, 1.54) is 19.3 Å². The van der Waals surface area contributed by atoms with Crippen molar-refractivity contribution < 1.29 is 4.79 Å². The van der Waals surface area contributed by atoms with E-state index in [0.29, 0.717) is 18.4 Å². The molecule has 1 heterocycles. The highest BCUT2D eigenvalue weighted by Gasteiger charge is 2.36. The molecule has 1 saturated heterocycles. The number of piperidine rings is 1. The molecular weight excluding hydrogens is 332 g/mol. The minimum atomic E-state index is 0.0980. The summed E-state index contributed by atoms with van der Waals surface area (Å²) in [6.07, 6.45) is 5.46. The molecule has 0 N–H and O–H groups in total. The van der Waals surface area contributed by atoms with Crippen LogP contribution in [0.25, 0.3) is 10.8 Å². The number of Topliss-reactive ketones (excluding diaryl/α,β-unsaturated/α-hetero) is 1. The Balaban J connectivity index is 1.62. The summed E-state index contributed by atoms with van der Waals surface area (Å²) in [5.74, 6) is 0.827. The van der Waals surface area contributed by atoms with Crippen LogP contribution < -0.4 is 0 Å². The van der Waals surface area contributed by atoms with E-state index in [0.717, 1.165) is 47.0 Å². The molecule has 3 nitrogen and oxygen atoms in total. The van der Waals surface area contributed by atoms with Crippen LogP contribution in [0.3, 0.4) is 0 Å². The van der Waals surface area contributed by atoms with Crippen LogP contribution in [-0.4, -0.2) is 29.8 Å². The minimum absolute atomic E-state index is 0.0980. The molecule has 0 bridgehead atoms. The second-order valence-corrected chi connectivity index (χ2v) is 8.45. The number of fused-ring (bicyclic) bond motifs is 1. The van der Waals surface area contributed by atoms with E-state index in [-0.39, 0.29) is 11.7 Å². The third-order valence-electron chi connectivity index (χ3n) is 6.82. The van der Waals surface area contributed by atoms with Gasteiger partial charge in [0.15, 0.2) is 5.78 Å². The molecule has 0 aromatic heterocycles. The maximum atomic E-state index is 13.3. The first-order chi connectivity index (χ1) is 13.1. The number of rotatable bonds is 4. The lowest BCUT2D eigenvalue weighted by molar-refractivity contribution is 0.0445. The van der Waals surface area contributed by atoms with Gasteiger partial charge in [-0.15, -0.1) is 0 Å². The first-order valence-electron chi connectivity index (χ1n) is 10.3. The highest BCUT2D eigenvalue weighted by molar-refractivity contribution is 6.02. The zero-order valence-corrected chi connectivity index (χ0v) is 16.4. The Morgan fingerprint density at radius 3 is 2.74 bits per heavy atom. The second kappa shape index (κ2) is 7.44. The number of carbonyl (C=O) groups is 1. The van der Waals surface area contributed by atoms with E-state index >= 15 is 0 Å². The molecule has 2 atom stereocenters. The fraction of sp³-hybridized carbons (Fsp3) is 0.500. The van der Waals surface area contributed by atoms with Crippen LogP contribution in [-0.2, 0) is 6.42 Å². The Bertz CT molecular complexity index is 906.